The fourth-order valence-corrected chi connectivity index (χ4v) is 3.23. The molecule has 3 aromatic rings. The second kappa shape index (κ2) is 6.35. The van der Waals surface area contributed by atoms with Crippen LogP contribution in [0.2, 0.25) is 0 Å². The minimum absolute atomic E-state index is 0.0692. The largest absolute Gasteiger partial charge is 0.394 e. The third-order valence-electron chi connectivity index (χ3n) is 3.66. The molecule has 0 saturated carbocycles. The molecule has 108 valence electrons. The molecule has 3 nitrogen and oxygen atoms in total. The average molecular weight is 298 g/mol. The number of nitrogens with one attached hydrogen (secondary N) is 1. The Labute approximate surface area is 128 Å². The maximum Gasteiger partial charge on any atom is 0.0809 e. The lowest BCUT2D eigenvalue weighted by atomic mass is 10.0. The van der Waals surface area contributed by atoms with Crippen LogP contribution in [0.1, 0.15) is 30.1 Å². The van der Waals surface area contributed by atoms with Gasteiger partial charge in [0.25, 0.3) is 0 Å². The summed E-state index contributed by atoms with van der Waals surface area (Å²) in [5.41, 5.74) is 3.27. The number of rotatable bonds is 5. The van der Waals surface area contributed by atoms with Crippen LogP contribution in [0.15, 0.2) is 54.0 Å². The maximum atomic E-state index is 9.64. The highest BCUT2D eigenvalue weighted by molar-refractivity contribution is 7.17. The first-order valence-electron chi connectivity index (χ1n) is 7.03. The molecule has 2 atom stereocenters. The van der Waals surface area contributed by atoms with Crippen LogP contribution in [0.5, 0.6) is 0 Å². The standard InChI is InChI=1S/C17H18N2OS/c1-12(14-9-17-15(18-10-14)7-8-21-17)19-16(11-20)13-5-3-2-4-6-13/h2-10,12,16,19-20H,11H2,1H3/t12?,16-/m0/s1. The molecule has 0 spiro atoms. The highest BCUT2D eigenvalue weighted by Crippen LogP contribution is 2.24. The van der Waals surface area contributed by atoms with E-state index in [2.05, 4.69) is 28.7 Å². The van der Waals surface area contributed by atoms with E-state index in [0.29, 0.717) is 0 Å². The van der Waals surface area contributed by atoms with Gasteiger partial charge in [0, 0.05) is 12.2 Å². The van der Waals surface area contributed by atoms with Gasteiger partial charge in [0.05, 0.1) is 22.9 Å². The Morgan fingerprint density at radius 1 is 1.19 bits per heavy atom. The molecule has 0 amide bonds. The Kier molecular flexibility index (Phi) is 4.29. The summed E-state index contributed by atoms with van der Waals surface area (Å²) in [6, 6.07) is 14.3. The third kappa shape index (κ3) is 3.13. The predicted molar refractivity (Wildman–Crippen MR) is 87.4 cm³/mol. The van der Waals surface area contributed by atoms with Crippen LogP contribution in [-0.2, 0) is 0 Å². The number of pyridine rings is 1. The van der Waals surface area contributed by atoms with E-state index in [-0.39, 0.29) is 18.7 Å². The summed E-state index contributed by atoms with van der Waals surface area (Å²) in [5.74, 6) is 0. The zero-order chi connectivity index (χ0) is 14.7. The summed E-state index contributed by atoms with van der Waals surface area (Å²) < 4.78 is 1.20. The summed E-state index contributed by atoms with van der Waals surface area (Å²) in [7, 11) is 0. The molecule has 0 saturated heterocycles. The van der Waals surface area contributed by atoms with Gasteiger partial charge in [0.15, 0.2) is 0 Å². The summed E-state index contributed by atoms with van der Waals surface area (Å²) in [4.78, 5) is 4.48. The number of nitrogens with zero attached hydrogens (tertiary/aromatic N) is 1. The first kappa shape index (κ1) is 14.2. The van der Waals surface area contributed by atoms with Gasteiger partial charge in [0.1, 0.15) is 0 Å². The predicted octanol–water partition coefficient (Wildman–Crippen LogP) is 3.68. The van der Waals surface area contributed by atoms with Crippen molar-refractivity contribution in [3.8, 4) is 0 Å². The van der Waals surface area contributed by atoms with Crippen molar-refractivity contribution in [2.45, 2.75) is 19.0 Å². The van der Waals surface area contributed by atoms with Gasteiger partial charge in [0.2, 0.25) is 0 Å². The lowest BCUT2D eigenvalue weighted by Crippen LogP contribution is -2.27. The summed E-state index contributed by atoms with van der Waals surface area (Å²) in [6.07, 6.45) is 1.91. The van der Waals surface area contributed by atoms with Crippen LogP contribution in [0.25, 0.3) is 10.2 Å². The minimum atomic E-state index is -0.0692. The second-order valence-electron chi connectivity index (χ2n) is 5.11. The van der Waals surface area contributed by atoms with Crippen LogP contribution < -0.4 is 5.32 Å². The first-order valence-corrected chi connectivity index (χ1v) is 7.91. The van der Waals surface area contributed by atoms with Crippen LogP contribution in [0.3, 0.4) is 0 Å². The number of aliphatic hydroxyl groups excluding tert-OH is 1. The van der Waals surface area contributed by atoms with E-state index in [9.17, 15) is 5.11 Å². The summed E-state index contributed by atoms with van der Waals surface area (Å²) in [5, 5.41) is 15.2. The SMILES string of the molecule is CC(N[C@@H](CO)c1ccccc1)c1cnc2ccsc2c1. The normalized spacial score (nSPS) is 14.2. The highest BCUT2D eigenvalue weighted by atomic mass is 32.1. The number of hydrogen-bond donors (Lipinski definition) is 2. The fraction of sp³-hybridized carbons (Fsp3) is 0.235. The van der Waals surface area contributed by atoms with Crippen molar-refractivity contribution >= 4 is 21.6 Å². The molecule has 1 unspecified atom stereocenters. The molecule has 2 aromatic heterocycles. The smallest absolute Gasteiger partial charge is 0.0809 e. The van der Waals surface area contributed by atoms with Crippen molar-refractivity contribution in [3.05, 3.63) is 65.2 Å². The van der Waals surface area contributed by atoms with Gasteiger partial charge in [-0.15, -0.1) is 11.3 Å². The lowest BCUT2D eigenvalue weighted by Gasteiger charge is -2.22. The summed E-state index contributed by atoms with van der Waals surface area (Å²) in [6.45, 7) is 2.17. The zero-order valence-corrected chi connectivity index (χ0v) is 12.7. The van der Waals surface area contributed by atoms with E-state index < -0.39 is 0 Å². The minimum Gasteiger partial charge on any atom is -0.394 e. The Morgan fingerprint density at radius 2 is 2.00 bits per heavy atom. The van der Waals surface area contributed by atoms with Crippen LogP contribution in [-0.4, -0.2) is 16.7 Å². The van der Waals surface area contributed by atoms with Crippen molar-refractivity contribution in [1.29, 1.82) is 0 Å². The number of fused-ring (bicyclic) bond motifs is 1. The average Bonchev–Trinajstić information content (AvgIpc) is 3.00. The second-order valence-corrected chi connectivity index (χ2v) is 6.05. The molecular formula is C17H18N2OS. The van der Waals surface area contributed by atoms with Gasteiger partial charge in [-0.1, -0.05) is 30.3 Å². The molecule has 0 aliphatic carbocycles. The number of aromatic nitrogens is 1. The van der Waals surface area contributed by atoms with Gasteiger partial charge in [-0.2, -0.15) is 0 Å². The molecule has 0 bridgehead atoms. The van der Waals surface area contributed by atoms with E-state index in [0.717, 1.165) is 16.6 Å². The fourth-order valence-electron chi connectivity index (χ4n) is 2.44. The number of thiophene rings is 1. The van der Waals surface area contributed by atoms with E-state index in [1.807, 2.05) is 42.6 Å². The molecule has 0 fully saturated rings. The Morgan fingerprint density at radius 3 is 2.76 bits per heavy atom. The molecule has 21 heavy (non-hydrogen) atoms. The molecule has 0 radical (unpaired) electrons. The Hall–Kier alpha value is -1.75. The van der Waals surface area contributed by atoms with E-state index in [1.54, 1.807) is 11.3 Å². The molecule has 1 aromatic carbocycles. The lowest BCUT2D eigenvalue weighted by molar-refractivity contribution is 0.235. The number of aliphatic hydroxyl groups is 1. The molecule has 4 heteroatoms. The third-order valence-corrected chi connectivity index (χ3v) is 4.51. The van der Waals surface area contributed by atoms with E-state index in [4.69, 9.17) is 0 Å². The quantitative estimate of drug-likeness (QED) is 0.755. The number of benzene rings is 1. The topological polar surface area (TPSA) is 45.1 Å². The van der Waals surface area contributed by atoms with Crippen molar-refractivity contribution in [2.75, 3.05) is 6.61 Å². The van der Waals surface area contributed by atoms with Crippen molar-refractivity contribution in [2.24, 2.45) is 0 Å². The molecular weight excluding hydrogens is 280 g/mol. The van der Waals surface area contributed by atoms with E-state index in [1.165, 1.54) is 4.70 Å². The molecule has 2 N–H and O–H groups in total. The van der Waals surface area contributed by atoms with Gasteiger partial charge in [-0.25, -0.2) is 0 Å². The van der Waals surface area contributed by atoms with Gasteiger partial charge in [-0.3, -0.25) is 4.98 Å². The first-order chi connectivity index (χ1) is 10.3. The number of hydrogen-bond acceptors (Lipinski definition) is 4. The van der Waals surface area contributed by atoms with Gasteiger partial charge < -0.3 is 10.4 Å². The molecule has 2 heterocycles. The highest BCUT2D eigenvalue weighted by Gasteiger charge is 2.15. The van der Waals surface area contributed by atoms with Crippen molar-refractivity contribution in [3.63, 3.8) is 0 Å². The molecule has 0 aliphatic heterocycles. The van der Waals surface area contributed by atoms with Crippen LogP contribution in [0, 0.1) is 0 Å². The van der Waals surface area contributed by atoms with E-state index >= 15 is 0 Å². The molecule has 3 rings (SSSR count). The van der Waals surface area contributed by atoms with Crippen molar-refractivity contribution in [1.82, 2.24) is 10.3 Å². The van der Waals surface area contributed by atoms with Crippen molar-refractivity contribution < 1.29 is 5.11 Å². The van der Waals surface area contributed by atoms with Gasteiger partial charge in [-0.05, 0) is 35.6 Å². The zero-order valence-electron chi connectivity index (χ0n) is 11.9. The monoisotopic (exact) mass is 298 g/mol. The molecule has 0 aliphatic rings. The van der Waals surface area contributed by atoms with Gasteiger partial charge >= 0.3 is 0 Å². The Bertz CT molecular complexity index is 711. The van der Waals surface area contributed by atoms with Crippen LogP contribution in [0.4, 0.5) is 0 Å². The van der Waals surface area contributed by atoms with Crippen LogP contribution >= 0.6 is 11.3 Å². The Balaban J connectivity index is 1.79. The summed E-state index contributed by atoms with van der Waals surface area (Å²) >= 11 is 1.70. The maximum absolute atomic E-state index is 9.64.